The van der Waals surface area contributed by atoms with Gasteiger partial charge in [-0.25, -0.2) is 8.42 Å². The van der Waals surface area contributed by atoms with Gasteiger partial charge in [-0.15, -0.1) is 0 Å². The molecule has 0 fully saturated rings. The van der Waals surface area contributed by atoms with Crippen molar-refractivity contribution < 1.29 is 22.4 Å². The van der Waals surface area contributed by atoms with Crippen molar-refractivity contribution in [2.45, 2.75) is 58.6 Å². The monoisotopic (exact) mass is 580 g/mol. The molecule has 0 bridgehead atoms. The lowest BCUT2D eigenvalue weighted by atomic mass is 10.0. The van der Waals surface area contributed by atoms with E-state index < -0.39 is 16.1 Å². The van der Waals surface area contributed by atoms with Crippen LogP contribution in [0.25, 0.3) is 11.0 Å². The summed E-state index contributed by atoms with van der Waals surface area (Å²) in [7, 11) is -2.13. The van der Waals surface area contributed by atoms with Crippen LogP contribution in [0.15, 0.2) is 70.2 Å². The number of nitrogens with zero attached hydrogens (tertiary/aromatic N) is 3. The van der Waals surface area contributed by atoms with Gasteiger partial charge in [0.1, 0.15) is 24.0 Å². The van der Waals surface area contributed by atoms with Crippen molar-refractivity contribution in [1.82, 2.24) is 19.4 Å². The average molecular weight is 581 g/mol. The molecule has 1 N–H and O–H groups in total. The number of carbonyl (C=O) groups is 1. The molecule has 2 aromatic carbocycles. The maximum absolute atomic E-state index is 13.9. The number of benzene rings is 2. The van der Waals surface area contributed by atoms with Gasteiger partial charge in [-0.3, -0.25) is 9.48 Å². The van der Waals surface area contributed by atoms with Gasteiger partial charge in [0.15, 0.2) is 0 Å². The highest BCUT2D eigenvalue weighted by atomic mass is 32.2. The SMILES string of the molecule is Cc1cc(COc2ccc(CC(NS(=O)(=O)c3ccc4occc4c3)C(=O)N(CC(C)C)CC(C)C)cc2)n(C)n1. The summed E-state index contributed by atoms with van der Waals surface area (Å²) >= 11 is 0. The molecule has 9 nitrogen and oxygen atoms in total. The first-order valence-corrected chi connectivity index (χ1v) is 15.4. The van der Waals surface area contributed by atoms with Gasteiger partial charge in [-0.1, -0.05) is 39.8 Å². The lowest BCUT2D eigenvalue weighted by molar-refractivity contribution is -0.134. The molecule has 1 unspecified atom stereocenters. The number of furan rings is 1. The van der Waals surface area contributed by atoms with Crippen molar-refractivity contribution in [3.63, 3.8) is 0 Å². The number of rotatable bonds is 13. The van der Waals surface area contributed by atoms with Gasteiger partial charge in [0.2, 0.25) is 15.9 Å². The molecule has 2 heterocycles. The summed E-state index contributed by atoms with van der Waals surface area (Å²) in [5, 5.41) is 5.01. The second-order valence-corrected chi connectivity index (χ2v) is 13.1. The zero-order valence-corrected chi connectivity index (χ0v) is 25.4. The number of sulfonamides is 1. The number of aromatic nitrogens is 2. The number of hydrogen-bond acceptors (Lipinski definition) is 6. The van der Waals surface area contributed by atoms with Gasteiger partial charge in [0.25, 0.3) is 0 Å². The molecule has 41 heavy (non-hydrogen) atoms. The zero-order valence-electron chi connectivity index (χ0n) is 24.6. The van der Waals surface area contributed by atoms with Crippen molar-refractivity contribution in [2.75, 3.05) is 13.1 Å². The number of hydrogen-bond donors (Lipinski definition) is 1. The molecule has 0 aliphatic rings. The first-order chi connectivity index (χ1) is 19.4. The Morgan fingerprint density at radius 3 is 2.32 bits per heavy atom. The van der Waals surface area contributed by atoms with Crippen LogP contribution in [-0.2, 0) is 34.9 Å². The molecule has 4 rings (SSSR count). The molecule has 220 valence electrons. The quantitative estimate of drug-likeness (QED) is 0.236. The Bertz CT molecular complexity index is 1560. The molecule has 4 aromatic rings. The van der Waals surface area contributed by atoms with Gasteiger partial charge in [0, 0.05) is 25.5 Å². The van der Waals surface area contributed by atoms with E-state index in [-0.39, 0.29) is 29.1 Å². The lowest BCUT2D eigenvalue weighted by Crippen LogP contribution is -2.51. The fourth-order valence-electron chi connectivity index (χ4n) is 4.82. The number of fused-ring (bicyclic) bond motifs is 1. The third-order valence-corrected chi connectivity index (χ3v) is 8.13. The van der Waals surface area contributed by atoms with E-state index in [2.05, 4.69) is 9.82 Å². The molecule has 0 saturated heterocycles. The van der Waals surface area contributed by atoms with E-state index in [9.17, 15) is 13.2 Å². The highest BCUT2D eigenvalue weighted by molar-refractivity contribution is 7.89. The average Bonchev–Trinajstić information content (AvgIpc) is 3.51. The molecular weight excluding hydrogens is 540 g/mol. The topological polar surface area (TPSA) is 107 Å². The van der Waals surface area contributed by atoms with Crippen LogP contribution in [0.1, 0.15) is 44.6 Å². The third-order valence-electron chi connectivity index (χ3n) is 6.66. The third kappa shape index (κ3) is 7.98. The smallest absolute Gasteiger partial charge is 0.241 e. The molecule has 10 heteroatoms. The maximum atomic E-state index is 13.9. The highest BCUT2D eigenvalue weighted by Crippen LogP contribution is 2.22. The number of ether oxygens (including phenoxy) is 1. The van der Waals surface area contributed by atoms with Crippen molar-refractivity contribution in [3.8, 4) is 5.75 Å². The van der Waals surface area contributed by atoms with Gasteiger partial charge in [-0.2, -0.15) is 9.82 Å². The molecule has 2 aromatic heterocycles. The largest absolute Gasteiger partial charge is 0.487 e. The van der Waals surface area contributed by atoms with Crippen LogP contribution in [0.2, 0.25) is 0 Å². The Kier molecular flexibility index (Phi) is 9.55. The molecule has 0 saturated carbocycles. The Hall–Kier alpha value is -3.63. The van der Waals surface area contributed by atoms with Gasteiger partial charge < -0.3 is 14.1 Å². The fraction of sp³-hybridized carbons (Fsp3) is 0.419. The molecule has 0 aliphatic carbocycles. The summed E-state index contributed by atoms with van der Waals surface area (Å²) in [5.74, 6) is 0.897. The summed E-state index contributed by atoms with van der Waals surface area (Å²) < 4.78 is 42.9. The van der Waals surface area contributed by atoms with Crippen LogP contribution in [0.3, 0.4) is 0 Å². The first-order valence-electron chi connectivity index (χ1n) is 13.9. The number of carbonyl (C=O) groups excluding carboxylic acids is 1. The van der Waals surface area contributed by atoms with Crippen LogP contribution in [0.5, 0.6) is 5.75 Å². The van der Waals surface area contributed by atoms with Crippen molar-refractivity contribution in [3.05, 3.63) is 77.8 Å². The predicted octanol–water partition coefficient (Wildman–Crippen LogP) is 5.08. The second-order valence-electron chi connectivity index (χ2n) is 11.4. The predicted molar refractivity (Wildman–Crippen MR) is 159 cm³/mol. The Morgan fingerprint density at radius 2 is 1.71 bits per heavy atom. The van der Waals surface area contributed by atoms with Crippen LogP contribution >= 0.6 is 0 Å². The second kappa shape index (κ2) is 12.9. The Morgan fingerprint density at radius 1 is 1.02 bits per heavy atom. The van der Waals surface area contributed by atoms with Crippen LogP contribution in [0, 0.1) is 18.8 Å². The number of amides is 1. The normalized spacial score (nSPS) is 12.8. The van der Waals surface area contributed by atoms with Gasteiger partial charge in [0.05, 0.1) is 22.5 Å². The number of aryl methyl sites for hydroxylation is 2. The van der Waals surface area contributed by atoms with Crippen LogP contribution < -0.4 is 9.46 Å². The minimum atomic E-state index is -4.01. The van der Waals surface area contributed by atoms with E-state index >= 15 is 0 Å². The summed E-state index contributed by atoms with van der Waals surface area (Å²) in [6.45, 7) is 11.6. The van der Waals surface area contributed by atoms with Crippen molar-refractivity contribution >= 4 is 26.9 Å². The standard InChI is InChI=1S/C31H40N4O5S/c1-21(2)18-35(19-22(3)4)31(36)29(33-41(37,38)28-11-12-30-25(17-28)13-14-39-30)16-24-7-9-27(10-8-24)40-20-26-15-23(5)32-34(26)6/h7-15,17,21-22,29,33H,16,18-20H2,1-6H3. The molecule has 1 amide bonds. The van der Waals surface area contributed by atoms with Crippen molar-refractivity contribution in [2.24, 2.45) is 18.9 Å². The van der Waals surface area contributed by atoms with Crippen molar-refractivity contribution in [1.29, 1.82) is 0 Å². The van der Waals surface area contributed by atoms with E-state index in [1.165, 1.54) is 12.3 Å². The number of nitrogens with one attached hydrogen (secondary N) is 1. The first kappa shape index (κ1) is 30.3. The highest BCUT2D eigenvalue weighted by Gasteiger charge is 2.30. The van der Waals surface area contributed by atoms with Gasteiger partial charge >= 0.3 is 0 Å². The molecule has 0 radical (unpaired) electrons. The molecule has 1 atom stereocenters. The molecule has 0 spiro atoms. The van der Waals surface area contributed by atoms with Gasteiger partial charge in [-0.05, 0) is 73.2 Å². The summed E-state index contributed by atoms with van der Waals surface area (Å²) in [6, 6.07) is 14.8. The summed E-state index contributed by atoms with van der Waals surface area (Å²) in [6.07, 6.45) is 1.71. The minimum Gasteiger partial charge on any atom is -0.487 e. The lowest BCUT2D eigenvalue weighted by Gasteiger charge is -2.30. The van der Waals surface area contributed by atoms with E-state index in [1.807, 2.05) is 72.0 Å². The molecular formula is C31H40N4O5S. The van der Waals surface area contributed by atoms with E-state index in [0.717, 1.165) is 17.0 Å². The summed E-state index contributed by atoms with van der Waals surface area (Å²) in [4.78, 5) is 15.8. The van der Waals surface area contributed by atoms with E-state index in [4.69, 9.17) is 9.15 Å². The fourth-order valence-corrected chi connectivity index (χ4v) is 6.04. The van der Waals surface area contributed by atoms with Crippen LogP contribution in [0.4, 0.5) is 0 Å². The van der Waals surface area contributed by atoms with E-state index in [1.54, 1.807) is 27.8 Å². The Balaban J connectivity index is 1.56. The van der Waals surface area contributed by atoms with E-state index in [0.29, 0.717) is 36.4 Å². The summed E-state index contributed by atoms with van der Waals surface area (Å²) in [5.41, 5.74) is 3.29. The van der Waals surface area contributed by atoms with Crippen LogP contribution in [-0.4, -0.2) is 48.1 Å². The zero-order chi connectivity index (χ0) is 29.7. The molecule has 0 aliphatic heterocycles. The maximum Gasteiger partial charge on any atom is 0.241 e. The Labute approximate surface area is 242 Å². The minimum absolute atomic E-state index is 0.0811.